The molecule has 0 atom stereocenters. The second kappa shape index (κ2) is 11.0. The zero-order chi connectivity index (χ0) is 24.4. The van der Waals surface area contributed by atoms with Gasteiger partial charge in [-0.3, -0.25) is 0 Å². The van der Waals surface area contributed by atoms with E-state index in [4.69, 9.17) is 10.1 Å². The van der Waals surface area contributed by atoms with Gasteiger partial charge in [-0.25, -0.2) is 9.78 Å². The third-order valence-corrected chi connectivity index (χ3v) is 12.8. The molecule has 1 aliphatic heterocycles. The van der Waals surface area contributed by atoms with Crippen LogP contribution in [0.25, 0.3) is 22.2 Å². The van der Waals surface area contributed by atoms with Crippen molar-refractivity contribution in [1.82, 2.24) is 9.97 Å². The van der Waals surface area contributed by atoms with Gasteiger partial charge in [-0.2, -0.15) is 0 Å². The molecule has 0 aliphatic carbocycles. The van der Waals surface area contributed by atoms with E-state index < -0.39 is 14.0 Å². The summed E-state index contributed by atoms with van der Waals surface area (Å²) in [7, 11) is -1.78. The van der Waals surface area contributed by atoms with Gasteiger partial charge in [-0.1, -0.05) is 6.07 Å². The predicted octanol–water partition coefficient (Wildman–Crippen LogP) is 3.27. The molecule has 0 fully saturated rings. The molecule has 181 valence electrons. The Morgan fingerprint density at radius 3 is 2.39 bits per heavy atom. The summed E-state index contributed by atoms with van der Waals surface area (Å²) in [6.45, 7) is 4.94. The van der Waals surface area contributed by atoms with Crippen molar-refractivity contribution in [2.24, 2.45) is 0 Å². The number of aromatic nitrogens is 2. The van der Waals surface area contributed by atoms with Crippen LogP contribution in [0, 0.1) is 6.07 Å². The molecule has 1 aliphatic rings. The largest absolute Gasteiger partial charge is 0.477 e. The van der Waals surface area contributed by atoms with E-state index in [0.717, 1.165) is 11.2 Å². The first-order valence-corrected chi connectivity index (χ1v) is 16.0. The monoisotopic (exact) mass is 732 g/mol. The van der Waals surface area contributed by atoms with Gasteiger partial charge in [-0.15, -0.1) is 0 Å². The summed E-state index contributed by atoms with van der Waals surface area (Å²) >= 11 is 0.356. The molecule has 2 aromatic heterocycles. The predicted molar refractivity (Wildman–Crippen MR) is 145 cm³/mol. The van der Waals surface area contributed by atoms with Gasteiger partial charge >= 0.3 is 167 Å². The minimum absolute atomic E-state index is 0. The van der Waals surface area contributed by atoms with Crippen molar-refractivity contribution in [2.75, 3.05) is 0 Å². The van der Waals surface area contributed by atoms with Gasteiger partial charge in [-0.05, 0) is 12.1 Å². The summed E-state index contributed by atoms with van der Waals surface area (Å²) in [6.07, 6.45) is 1.45. The quantitative estimate of drug-likeness (QED) is 0.224. The summed E-state index contributed by atoms with van der Waals surface area (Å²) in [4.78, 5) is 18.7. The average molecular weight is 731 g/mol. The molecule has 0 saturated heterocycles. The van der Waals surface area contributed by atoms with Gasteiger partial charge in [0.25, 0.3) is 0 Å². The van der Waals surface area contributed by atoms with Gasteiger partial charge in [0.1, 0.15) is 5.69 Å². The van der Waals surface area contributed by atoms with Crippen LogP contribution in [0.1, 0.15) is 10.5 Å². The molecule has 1 radical (unpaired) electrons. The Labute approximate surface area is 231 Å². The van der Waals surface area contributed by atoms with Crippen LogP contribution < -0.4 is 19.3 Å². The number of carboxylic acids is 1. The second-order valence-electron chi connectivity index (χ2n) is 8.72. The number of hydrogen-bond donors (Lipinski definition) is 1. The number of hydrogen-bond acceptors (Lipinski definition) is 3. The maximum atomic E-state index is 10.1. The zero-order valence-corrected chi connectivity index (χ0v) is 24.8. The van der Waals surface area contributed by atoms with Crippen LogP contribution in [-0.4, -0.2) is 44.1 Å². The molecule has 0 spiro atoms. The maximum absolute atomic E-state index is 10.1. The Balaban J connectivity index is 0.000000260. The minimum atomic E-state index is -1.78. The zero-order valence-electron chi connectivity index (χ0n) is 19.7. The molecule has 6 rings (SSSR count). The maximum Gasteiger partial charge on any atom is 0.354 e. The molecule has 7 heteroatoms. The van der Waals surface area contributed by atoms with E-state index in [0.29, 0.717) is 15.0 Å². The third kappa shape index (κ3) is 5.12. The molecule has 1 N–H and O–H groups in total. The van der Waals surface area contributed by atoms with Gasteiger partial charge in [0.2, 0.25) is 0 Å². The summed E-state index contributed by atoms with van der Waals surface area (Å²) < 4.78 is 3.06. The van der Waals surface area contributed by atoms with Crippen molar-refractivity contribution < 1.29 is 30.0 Å². The number of aromatic carboxylic acids is 1. The molecule has 0 unspecified atom stereocenters. The molecule has 4 nitrogen and oxygen atoms in total. The molecule has 3 heterocycles. The number of carbonyl (C=O) groups is 1. The first kappa shape index (κ1) is 26.1. The van der Waals surface area contributed by atoms with Crippen LogP contribution in [0.3, 0.4) is 0 Å². The summed E-state index contributed by atoms with van der Waals surface area (Å²) in [5, 5.41) is 12.6. The van der Waals surface area contributed by atoms with Crippen LogP contribution in [0.2, 0.25) is 13.1 Å². The number of benzene rings is 3. The number of pyridine rings is 2. The Morgan fingerprint density at radius 2 is 1.64 bits per heavy atom. The molecular formula is C29H23IrN2O2SeSi-. The molecule has 0 bridgehead atoms. The van der Waals surface area contributed by atoms with E-state index in [1.807, 2.05) is 0 Å². The number of para-hydroxylation sites is 1. The fourth-order valence-electron chi connectivity index (χ4n) is 4.41. The van der Waals surface area contributed by atoms with E-state index in [1.165, 1.54) is 32.9 Å². The molecule has 3 aromatic carbocycles. The number of carboxylic acid groups (broad SMARTS) is 1. The Hall–Kier alpha value is -2.92. The first-order valence-electron chi connectivity index (χ1n) is 11.3. The molecule has 5 aromatic rings. The smallest absolute Gasteiger partial charge is 0.354 e. The Kier molecular flexibility index (Phi) is 7.99. The average Bonchev–Trinajstić information content (AvgIpc) is 2.89. The second-order valence-corrected chi connectivity index (χ2v) is 15.3. The number of rotatable bonds is 2. The fourth-order valence-corrected chi connectivity index (χ4v) is 13.0. The Bertz CT molecular complexity index is 1540. The first-order chi connectivity index (χ1) is 16.9. The summed E-state index contributed by atoms with van der Waals surface area (Å²) in [6, 6.07) is 34.4. The van der Waals surface area contributed by atoms with Crippen LogP contribution in [-0.2, 0) is 20.1 Å². The van der Waals surface area contributed by atoms with Crippen LogP contribution in [0.5, 0.6) is 0 Å². The van der Waals surface area contributed by atoms with Gasteiger partial charge in [0.05, 0.1) is 0 Å². The van der Waals surface area contributed by atoms with E-state index >= 15 is 0 Å². The van der Waals surface area contributed by atoms with Gasteiger partial charge in [0, 0.05) is 26.3 Å². The van der Waals surface area contributed by atoms with E-state index in [1.54, 1.807) is 21.8 Å². The fraction of sp³-hybridized carbons (Fsp3) is 0.0690. The van der Waals surface area contributed by atoms with Crippen molar-refractivity contribution in [3.8, 4) is 11.3 Å². The van der Waals surface area contributed by atoms with Crippen LogP contribution in [0.15, 0.2) is 97.2 Å². The topological polar surface area (TPSA) is 63.1 Å². The van der Waals surface area contributed by atoms with E-state index in [9.17, 15) is 4.79 Å². The third-order valence-electron chi connectivity index (χ3n) is 6.10. The van der Waals surface area contributed by atoms with Crippen molar-refractivity contribution in [3.63, 3.8) is 0 Å². The molecule has 0 saturated carbocycles. The van der Waals surface area contributed by atoms with Crippen LogP contribution >= 0.6 is 0 Å². The van der Waals surface area contributed by atoms with Crippen molar-refractivity contribution in [2.45, 2.75) is 13.1 Å². The summed E-state index contributed by atoms with van der Waals surface area (Å²) in [5.74, 6) is -0.990. The SMILES string of the molecule is C[Si]1(C)c2ccccc2[Se]c2cc[c-]c(-c3ccc4ccccc4n3)c21.O=C(O)c1ccccn1.[Ir]. The molecule has 0 amide bonds. The number of fused-ring (bicyclic) bond motifs is 3. The van der Waals surface area contributed by atoms with Crippen LogP contribution in [0.4, 0.5) is 0 Å². The normalized spacial score (nSPS) is 12.8. The summed E-state index contributed by atoms with van der Waals surface area (Å²) in [5.41, 5.74) is 3.40. The Morgan fingerprint density at radius 1 is 0.889 bits per heavy atom. The van der Waals surface area contributed by atoms with E-state index in [-0.39, 0.29) is 25.8 Å². The molecule has 36 heavy (non-hydrogen) atoms. The van der Waals surface area contributed by atoms with Gasteiger partial charge in [0.15, 0.2) is 0 Å². The van der Waals surface area contributed by atoms with Crippen molar-refractivity contribution in [3.05, 3.63) is 109 Å². The van der Waals surface area contributed by atoms with Crippen molar-refractivity contribution in [1.29, 1.82) is 0 Å². The van der Waals surface area contributed by atoms with Gasteiger partial charge < -0.3 is 5.11 Å². The minimum Gasteiger partial charge on any atom is -0.477 e. The van der Waals surface area contributed by atoms with E-state index in [2.05, 4.69) is 96.9 Å². The number of nitrogens with zero attached hydrogens (tertiary/aromatic N) is 2. The molecular weight excluding hydrogens is 708 g/mol. The van der Waals surface area contributed by atoms with Crippen molar-refractivity contribution >= 4 is 59.2 Å². The standard InChI is InChI=1S/C23H18NSeSi.C6H5NO2.Ir/c1-26(2)22-13-6-5-11-20(22)25-21-12-7-9-17(23(21)26)19-15-14-16-8-3-4-10-18(16)24-19;8-6(9)5-3-1-2-4-7-5;/h3-8,10-15H,1-2H3;1-4H,(H,8,9);/q-1;;.